The number of amides is 1. The highest BCUT2D eigenvalue weighted by atomic mass is 32.2. The number of hydrogen-bond donors (Lipinski definition) is 1. The summed E-state index contributed by atoms with van der Waals surface area (Å²) in [7, 11) is -4.34. The molecular weight excluding hydrogens is 456 g/mol. The molecule has 0 aliphatic carbocycles. The van der Waals surface area contributed by atoms with Crippen molar-refractivity contribution in [2.75, 3.05) is 0 Å². The molecule has 0 unspecified atom stereocenters. The zero-order chi connectivity index (χ0) is 23.5. The Bertz CT molecular complexity index is 1240. The SMILES string of the molecule is CC[C@@H]1SC(=NN=Cc2cc(C)ccc2OS(=O)(=O)c2ccc(C)c([N+](=O)[O-])c2)NC1=O. The molecular formula is C20H20N4O6S2. The van der Waals surface area contributed by atoms with E-state index in [9.17, 15) is 23.3 Å². The average molecular weight is 477 g/mol. The number of nitrogens with one attached hydrogen (secondary N) is 1. The molecule has 1 N–H and O–H groups in total. The Balaban J connectivity index is 1.88. The van der Waals surface area contributed by atoms with Crippen molar-refractivity contribution in [2.24, 2.45) is 10.2 Å². The van der Waals surface area contributed by atoms with Gasteiger partial charge in [-0.2, -0.15) is 13.5 Å². The fourth-order valence-electron chi connectivity index (χ4n) is 2.82. The van der Waals surface area contributed by atoms with Crippen LogP contribution in [0.25, 0.3) is 0 Å². The van der Waals surface area contributed by atoms with Crippen molar-refractivity contribution in [2.45, 2.75) is 37.3 Å². The third kappa shape index (κ3) is 5.32. The lowest BCUT2D eigenvalue weighted by atomic mass is 10.1. The molecule has 0 spiro atoms. The highest BCUT2D eigenvalue weighted by molar-refractivity contribution is 8.15. The molecule has 1 aliphatic heterocycles. The zero-order valence-corrected chi connectivity index (χ0v) is 19.1. The minimum Gasteiger partial charge on any atom is -0.378 e. The molecule has 0 radical (unpaired) electrons. The number of hydrogen-bond acceptors (Lipinski definition) is 9. The number of nitrogens with zero attached hydrogens (tertiary/aromatic N) is 3. The van der Waals surface area contributed by atoms with Crippen molar-refractivity contribution in [1.82, 2.24) is 5.32 Å². The van der Waals surface area contributed by atoms with Crippen molar-refractivity contribution in [3.63, 3.8) is 0 Å². The topological polar surface area (TPSA) is 140 Å². The molecule has 168 valence electrons. The molecule has 0 bridgehead atoms. The molecule has 32 heavy (non-hydrogen) atoms. The maximum Gasteiger partial charge on any atom is 0.339 e. The highest BCUT2D eigenvalue weighted by Crippen LogP contribution is 2.27. The molecule has 1 amide bonds. The monoisotopic (exact) mass is 476 g/mol. The van der Waals surface area contributed by atoms with E-state index >= 15 is 0 Å². The summed E-state index contributed by atoms with van der Waals surface area (Å²) in [6, 6.07) is 8.33. The lowest BCUT2D eigenvalue weighted by Crippen LogP contribution is -2.24. The van der Waals surface area contributed by atoms with E-state index in [1.807, 2.05) is 13.8 Å². The summed E-state index contributed by atoms with van der Waals surface area (Å²) in [5.41, 5.74) is 1.17. The molecule has 2 aromatic rings. The molecule has 2 aromatic carbocycles. The Hall–Kier alpha value is -3.25. The Labute approximate surface area is 189 Å². The van der Waals surface area contributed by atoms with Crippen molar-refractivity contribution < 1.29 is 22.3 Å². The lowest BCUT2D eigenvalue weighted by molar-refractivity contribution is -0.385. The smallest absolute Gasteiger partial charge is 0.339 e. The van der Waals surface area contributed by atoms with Crippen LogP contribution in [-0.2, 0) is 14.9 Å². The summed E-state index contributed by atoms with van der Waals surface area (Å²) >= 11 is 1.27. The average Bonchev–Trinajstić information content (AvgIpc) is 3.09. The zero-order valence-electron chi connectivity index (χ0n) is 17.4. The second kappa shape index (κ2) is 9.49. The van der Waals surface area contributed by atoms with Gasteiger partial charge in [0.05, 0.1) is 16.4 Å². The molecule has 12 heteroatoms. The number of aryl methyl sites for hydroxylation is 2. The molecule has 3 rings (SSSR count). The summed E-state index contributed by atoms with van der Waals surface area (Å²) in [6.07, 6.45) is 1.97. The van der Waals surface area contributed by atoms with Crippen LogP contribution >= 0.6 is 11.8 Å². The summed E-state index contributed by atoms with van der Waals surface area (Å²) in [5, 5.41) is 21.8. The van der Waals surface area contributed by atoms with Gasteiger partial charge in [0.1, 0.15) is 4.90 Å². The van der Waals surface area contributed by atoms with Gasteiger partial charge >= 0.3 is 10.1 Å². The van der Waals surface area contributed by atoms with Crippen LogP contribution in [0.4, 0.5) is 5.69 Å². The van der Waals surface area contributed by atoms with Gasteiger partial charge in [-0.25, -0.2) is 0 Å². The van der Waals surface area contributed by atoms with Gasteiger partial charge in [0, 0.05) is 17.2 Å². The number of rotatable bonds is 7. The number of carbonyl (C=O) groups is 1. The van der Waals surface area contributed by atoms with Crippen LogP contribution in [0, 0.1) is 24.0 Å². The number of nitro groups is 1. The van der Waals surface area contributed by atoms with E-state index in [0.29, 0.717) is 22.7 Å². The van der Waals surface area contributed by atoms with Crippen LogP contribution in [0.2, 0.25) is 0 Å². The maximum absolute atomic E-state index is 12.7. The summed E-state index contributed by atoms with van der Waals surface area (Å²) in [5.74, 6) is -0.151. The second-order valence-corrected chi connectivity index (χ2v) is 9.68. The number of benzene rings is 2. The summed E-state index contributed by atoms with van der Waals surface area (Å²) in [6.45, 7) is 5.21. The standard InChI is InChI=1S/C20H20N4O6S2/c1-4-18-19(25)22-20(31-18)23-21-11-14-9-12(2)5-8-17(14)30-32(28,29)15-7-6-13(3)16(10-15)24(26)27/h5-11,18H,4H2,1-3H3,(H,22,23,25)/t18-/m0/s1. The van der Waals surface area contributed by atoms with E-state index < -0.39 is 15.0 Å². The van der Waals surface area contributed by atoms with Gasteiger partial charge in [0.25, 0.3) is 5.69 Å². The van der Waals surface area contributed by atoms with Crippen molar-refractivity contribution in [3.05, 3.63) is 63.2 Å². The molecule has 0 aromatic heterocycles. The number of nitro benzene ring substituents is 1. The first kappa shape index (κ1) is 23.4. The van der Waals surface area contributed by atoms with Crippen molar-refractivity contribution in [1.29, 1.82) is 0 Å². The van der Waals surface area contributed by atoms with Gasteiger partial charge in [-0.05, 0) is 38.5 Å². The Morgan fingerprint density at radius 3 is 2.66 bits per heavy atom. The molecule has 10 nitrogen and oxygen atoms in total. The highest BCUT2D eigenvalue weighted by Gasteiger charge is 2.28. The second-order valence-electron chi connectivity index (χ2n) is 6.94. The molecule has 1 aliphatic rings. The van der Waals surface area contributed by atoms with Crippen LogP contribution < -0.4 is 9.50 Å². The Morgan fingerprint density at radius 2 is 2.00 bits per heavy atom. The van der Waals surface area contributed by atoms with Gasteiger partial charge in [0.2, 0.25) is 5.91 Å². The first-order valence-corrected chi connectivity index (χ1v) is 11.8. The predicted octanol–water partition coefficient (Wildman–Crippen LogP) is 3.31. The molecule has 1 saturated heterocycles. The normalized spacial score (nSPS) is 17.7. The van der Waals surface area contributed by atoms with E-state index in [1.165, 1.54) is 43.1 Å². The number of thioether (sulfide) groups is 1. The van der Waals surface area contributed by atoms with E-state index in [0.717, 1.165) is 11.6 Å². The summed E-state index contributed by atoms with van der Waals surface area (Å²) < 4.78 is 30.7. The third-order valence-corrected chi connectivity index (χ3v) is 6.99. The maximum atomic E-state index is 12.7. The molecule has 1 heterocycles. The fourth-order valence-corrected chi connectivity index (χ4v) is 4.65. The first-order chi connectivity index (χ1) is 15.1. The molecule has 1 fully saturated rings. The predicted molar refractivity (Wildman–Crippen MR) is 122 cm³/mol. The number of carbonyl (C=O) groups excluding carboxylic acids is 1. The van der Waals surface area contributed by atoms with Gasteiger partial charge < -0.3 is 9.50 Å². The van der Waals surface area contributed by atoms with Crippen LogP contribution in [-0.4, -0.2) is 35.9 Å². The van der Waals surface area contributed by atoms with E-state index in [2.05, 4.69) is 15.5 Å². The van der Waals surface area contributed by atoms with E-state index in [4.69, 9.17) is 4.18 Å². The number of amidine groups is 1. The Kier molecular flexibility index (Phi) is 6.94. The van der Waals surface area contributed by atoms with Crippen LogP contribution in [0.1, 0.15) is 30.0 Å². The van der Waals surface area contributed by atoms with Crippen molar-refractivity contribution in [3.8, 4) is 5.75 Å². The lowest BCUT2D eigenvalue weighted by Gasteiger charge is -2.10. The summed E-state index contributed by atoms with van der Waals surface area (Å²) in [4.78, 5) is 21.9. The largest absolute Gasteiger partial charge is 0.378 e. The quantitative estimate of drug-likeness (QED) is 0.280. The van der Waals surface area contributed by atoms with E-state index in [-0.39, 0.29) is 27.5 Å². The Morgan fingerprint density at radius 1 is 1.25 bits per heavy atom. The molecule has 0 saturated carbocycles. The van der Waals surface area contributed by atoms with Gasteiger partial charge in [-0.1, -0.05) is 36.4 Å². The van der Waals surface area contributed by atoms with Crippen LogP contribution in [0.15, 0.2) is 51.5 Å². The molecule has 1 atom stereocenters. The van der Waals surface area contributed by atoms with Gasteiger partial charge in [-0.3, -0.25) is 14.9 Å². The first-order valence-electron chi connectivity index (χ1n) is 9.49. The fraction of sp³-hybridized carbons (Fsp3) is 0.250. The van der Waals surface area contributed by atoms with Crippen LogP contribution in [0.3, 0.4) is 0 Å². The minimum atomic E-state index is -4.34. The van der Waals surface area contributed by atoms with Gasteiger partial charge in [-0.15, -0.1) is 5.10 Å². The third-order valence-electron chi connectivity index (χ3n) is 4.52. The van der Waals surface area contributed by atoms with Crippen LogP contribution in [0.5, 0.6) is 5.75 Å². The van der Waals surface area contributed by atoms with E-state index in [1.54, 1.807) is 12.1 Å². The van der Waals surface area contributed by atoms with Crippen molar-refractivity contribution >= 4 is 44.9 Å². The minimum absolute atomic E-state index is 0.0164. The van der Waals surface area contributed by atoms with Gasteiger partial charge in [0.15, 0.2) is 10.9 Å².